The molecule has 3 N–H and O–H groups in total. The van der Waals surface area contributed by atoms with Gasteiger partial charge in [0, 0.05) is 4.47 Å². The second-order valence-electron chi connectivity index (χ2n) is 3.80. The van der Waals surface area contributed by atoms with E-state index in [9.17, 15) is 4.39 Å². The van der Waals surface area contributed by atoms with Crippen molar-refractivity contribution in [3.8, 4) is 0 Å². The first-order valence-electron chi connectivity index (χ1n) is 5.25. The highest BCUT2D eigenvalue weighted by Gasteiger charge is 2.16. The summed E-state index contributed by atoms with van der Waals surface area (Å²) < 4.78 is 20.5. The Labute approximate surface area is 121 Å². The van der Waals surface area contributed by atoms with Crippen LogP contribution in [0, 0.1) is 5.82 Å². The Balaban J connectivity index is 2.22. The predicted molar refractivity (Wildman–Crippen MR) is 74.3 cm³/mol. The van der Waals surface area contributed by atoms with Crippen LogP contribution in [-0.2, 0) is 6.42 Å². The molecule has 6 heteroatoms. The van der Waals surface area contributed by atoms with Gasteiger partial charge in [-0.15, -0.1) is 0 Å². The highest BCUT2D eigenvalue weighted by Crippen LogP contribution is 2.25. The van der Waals surface area contributed by atoms with Crippen molar-refractivity contribution in [1.29, 1.82) is 0 Å². The lowest BCUT2D eigenvalue weighted by Crippen LogP contribution is -2.29. The van der Waals surface area contributed by atoms with Crippen LogP contribution in [0.3, 0.4) is 0 Å². The molecular weight excluding hydrogens is 367 g/mol. The first-order valence-corrected chi connectivity index (χ1v) is 6.84. The minimum atomic E-state index is -0.278. The third-order valence-corrected chi connectivity index (χ3v) is 3.49. The zero-order chi connectivity index (χ0) is 13.1. The summed E-state index contributed by atoms with van der Waals surface area (Å²) in [7, 11) is 0. The van der Waals surface area contributed by atoms with E-state index >= 15 is 0 Å². The molecule has 1 atom stereocenters. The van der Waals surface area contributed by atoms with Gasteiger partial charge >= 0.3 is 0 Å². The Bertz CT molecular complexity index is 545. The molecule has 96 valence electrons. The Kier molecular flexibility index (Phi) is 4.55. The third kappa shape index (κ3) is 3.20. The lowest BCUT2D eigenvalue weighted by Gasteiger charge is -2.14. The van der Waals surface area contributed by atoms with Crippen LogP contribution in [-0.4, -0.2) is 0 Å². The Morgan fingerprint density at radius 2 is 2.06 bits per heavy atom. The quantitative estimate of drug-likeness (QED) is 0.631. The van der Waals surface area contributed by atoms with Crippen LogP contribution in [0.5, 0.6) is 0 Å². The third-order valence-electron chi connectivity index (χ3n) is 2.57. The standard InChI is InChI=1S/C12H11Br2FN2O/c13-8-1-2-9(15)7(5-8)6-10(17-16)11-3-4-12(14)18-11/h1-5,10,17H,6,16H2. The second-order valence-corrected chi connectivity index (χ2v) is 5.50. The van der Waals surface area contributed by atoms with E-state index in [1.54, 1.807) is 24.3 Å². The van der Waals surface area contributed by atoms with E-state index in [-0.39, 0.29) is 11.9 Å². The van der Waals surface area contributed by atoms with Gasteiger partial charge < -0.3 is 4.42 Å². The molecule has 0 saturated heterocycles. The average molecular weight is 378 g/mol. The number of nitrogens with two attached hydrogens (primary N) is 1. The monoisotopic (exact) mass is 376 g/mol. The van der Waals surface area contributed by atoms with E-state index < -0.39 is 0 Å². The molecular formula is C12H11Br2FN2O. The van der Waals surface area contributed by atoms with E-state index in [4.69, 9.17) is 10.3 Å². The number of hydrazine groups is 1. The molecule has 0 bridgehead atoms. The largest absolute Gasteiger partial charge is 0.453 e. The van der Waals surface area contributed by atoms with Gasteiger partial charge in [0.2, 0.25) is 0 Å². The predicted octanol–water partition coefficient (Wildman–Crippen LogP) is 3.69. The van der Waals surface area contributed by atoms with Crippen LogP contribution in [0.1, 0.15) is 17.4 Å². The molecule has 2 rings (SSSR count). The molecule has 0 amide bonds. The van der Waals surface area contributed by atoms with Crippen molar-refractivity contribution in [3.05, 3.63) is 56.6 Å². The maximum atomic E-state index is 13.7. The fourth-order valence-corrected chi connectivity index (χ4v) is 2.40. The molecule has 0 aliphatic heterocycles. The average Bonchev–Trinajstić information content (AvgIpc) is 2.77. The SMILES string of the molecule is NNC(Cc1cc(Br)ccc1F)c1ccc(Br)o1. The van der Waals surface area contributed by atoms with Crippen molar-refractivity contribution in [2.24, 2.45) is 5.84 Å². The molecule has 0 aliphatic rings. The molecule has 3 nitrogen and oxygen atoms in total. The van der Waals surface area contributed by atoms with Gasteiger partial charge in [-0.05, 0) is 58.2 Å². The molecule has 2 aromatic rings. The molecule has 18 heavy (non-hydrogen) atoms. The summed E-state index contributed by atoms with van der Waals surface area (Å²) in [4.78, 5) is 0. The molecule has 0 aliphatic carbocycles. The minimum absolute atomic E-state index is 0.260. The Morgan fingerprint density at radius 3 is 2.67 bits per heavy atom. The molecule has 1 aromatic heterocycles. The lowest BCUT2D eigenvalue weighted by atomic mass is 10.0. The van der Waals surface area contributed by atoms with E-state index in [1.165, 1.54) is 6.07 Å². The normalized spacial score (nSPS) is 12.7. The molecule has 0 radical (unpaired) electrons. The van der Waals surface area contributed by atoms with E-state index in [0.717, 1.165) is 4.47 Å². The molecule has 0 spiro atoms. The van der Waals surface area contributed by atoms with Gasteiger partial charge in [-0.2, -0.15) is 0 Å². The van der Waals surface area contributed by atoms with E-state index in [0.29, 0.717) is 22.4 Å². The summed E-state index contributed by atoms with van der Waals surface area (Å²) in [6, 6.07) is 8.11. The summed E-state index contributed by atoms with van der Waals surface area (Å²) in [5.74, 6) is 5.89. The lowest BCUT2D eigenvalue weighted by molar-refractivity contribution is 0.401. The molecule has 1 heterocycles. The van der Waals surface area contributed by atoms with Crippen LogP contribution in [0.25, 0.3) is 0 Å². The van der Waals surface area contributed by atoms with Crippen molar-refractivity contribution < 1.29 is 8.81 Å². The topological polar surface area (TPSA) is 51.2 Å². The van der Waals surface area contributed by atoms with Gasteiger partial charge in [0.25, 0.3) is 0 Å². The number of rotatable bonds is 4. The summed E-state index contributed by atoms with van der Waals surface area (Å²) in [5, 5.41) is 0. The zero-order valence-corrected chi connectivity index (χ0v) is 12.5. The highest BCUT2D eigenvalue weighted by atomic mass is 79.9. The second kappa shape index (κ2) is 5.97. The maximum absolute atomic E-state index is 13.7. The van der Waals surface area contributed by atoms with Crippen LogP contribution < -0.4 is 11.3 Å². The van der Waals surface area contributed by atoms with Crippen molar-refractivity contribution >= 4 is 31.9 Å². The molecule has 0 fully saturated rings. The fourth-order valence-electron chi connectivity index (χ4n) is 1.68. The Hall–Kier alpha value is -0.690. The Morgan fingerprint density at radius 1 is 1.28 bits per heavy atom. The number of nitrogens with one attached hydrogen (secondary N) is 1. The molecule has 1 aromatic carbocycles. The van der Waals surface area contributed by atoms with Gasteiger partial charge in [-0.1, -0.05) is 15.9 Å². The first kappa shape index (κ1) is 13.7. The summed E-state index contributed by atoms with van der Waals surface area (Å²) in [6.45, 7) is 0. The van der Waals surface area contributed by atoms with Crippen LogP contribution in [0.2, 0.25) is 0 Å². The zero-order valence-electron chi connectivity index (χ0n) is 9.29. The van der Waals surface area contributed by atoms with Crippen LogP contribution in [0.15, 0.2) is 43.9 Å². The summed E-state index contributed by atoms with van der Waals surface area (Å²) in [6.07, 6.45) is 0.404. The van der Waals surface area contributed by atoms with Gasteiger partial charge in [-0.3, -0.25) is 5.84 Å². The first-order chi connectivity index (χ1) is 8.60. The van der Waals surface area contributed by atoms with Crippen LogP contribution >= 0.6 is 31.9 Å². The maximum Gasteiger partial charge on any atom is 0.169 e. The molecule has 0 saturated carbocycles. The fraction of sp³-hybridized carbons (Fsp3) is 0.167. The highest BCUT2D eigenvalue weighted by molar-refractivity contribution is 9.10. The summed E-state index contributed by atoms with van der Waals surface area (Å²) in [5.41, 5.74) is 3.20. The van der Waals surface area contributed by atoms with Crippen molar-refractivity contribution in [2.45, 2.75) is 12.5 Å². The van der Waals surface area contributed by atoms with Crippen LogP contribution in [0.4, 0.5) is 4.39 Å². The molecule has 1 unspecified atom stereocenters. The van der Waals surface area contributed by atoms with Gasteiger partial charge in [0.15, 0.2) is 4.67 Å². The number of hydrogen-bond acceptors (Lipinski definition) is 3. The van der Waals surface area contributed by atoms with E-state index in [1.807, 2.05) is 0 Å². The summed E-state index contributed by atoms with van der Waals surface area (Å²) >= 11 is 6.54. The van der Waals surface area contributed by atoms with Crippen molar-refractivity contribution in [1.82, 2.24) is 5.43 Å². The van der Waals surface area contributed by atoms with Gasteiger partial charge in [0.05, 0.1) is 6.04 Å². The van der Waals surface area contributed by atoms with Gasteiger partial charge in [0.1, 0.15) is 11.6 Å². The van der Waals surface area contributed by atoms with E-state index in [2.05, 4.69) is 37.3 Å². The number of halogens is 3. The van der Waals surface area contributed by atoms with Crippen molar-refractivity contribution in [3.63, 3.8) is 0 Å². The van der Waals surface area contributed by atoms with Crippen molar-refractivity contribution in [2.75, 3.05) is 0 Å². The number of hydrogen-bond donors (Lipinski definition) is 2. The minimum Gasteiger partial charge on any atom is -0.453 e. The number of benzene rings is 1. The number of furan rings is 1. The smallest absolute Gasteiger partial charge is 0.169 e. The van der Waals surface area contributed by atoms with Gasteiger partial charge in [-0.25, -0.2) is 9.82 Å².